The maximum atomic E-state index is 4.52. The predicted octanol–water partition coefficient (Wildman–Crippen LogP) is 2.52. The summed E-state index contributed by atoms with van der Waals surface area (Å²) in [7, 11) is 0. The number of aromatic nitrogens is 3. The van der Waals surface area contributed by atoms with E-state index >= 15 is 0 Å². The molecule has 0 amide bonds. The van der Waals surface area contributed by atoms with E-state index in [-0.39, 0.29) is 6.04 Å². The Morgan fingerprint density at radius 3 is 2.94 bits per heavy atom. The second-order valence-electron chi connectivity index (χ2n) is 4.23. The molecule has 1 unspecified atom stereocenters. The molecule has 2 aromatic heterocycles. The van der Waals surface area contributed by atoms with Crippen LogP contribution in [0.5, 0.6) is 0 Å². The first kappa shape index (κ1) is 13.1. The first-order valence-corrected chi connectivity index (χ1v) is 7.08. The van der Waals surface area contributed by atoms with E-state index in [2.05, 4.69) is 32.6 Å². The summed E-state index contributed by atoms with van der Waals surface area (Å²) in [6.07, 6.45) is 5.38. The second kappa shape index (κ2) is 6.56. The van der Waals surface area contributed by atoms with Crippen molar-refractivity contribution in [1.29, 1.82) is 0 Å². The number of thiazole rings is 1. The van der Waals surface area contributed by atoms with Crippen molar-refractivity contribution < 1.29 is 0 Å². The van der Waals surface area contributed by atoms with Gasteiger partial charge in [-0.05, 0) is 26.0 Å². The summed E-state index contributed by atoms with van der Waals surface area (Å²) in [5.74, 6) is 0. The average Bonchev–Trinajstić information content (AvgIpc) is 2.81. The summed E-state index contributed by atoms with van der Waals surface area (Å²) >= 11 is 1.71. The molecule has 0 saturated heterocycles. The van der Waals surface area contributed by atoms with Gasteiger partial charge in [-0.2, -0.15) is 0 Å². The van der Waals surface area contributed by atoms with E-state index in [1.165, 1.54) is 0 Å². The molecule has 0 saturated carbocycles. The molecule has 1 N–H and O–H groups in total. The second-order valence-corrected chi connectivity index (χ2v) is 5.17. The molecule has 0 spiro atoms. The van der Waals surface area contributed by atoms with Crippen LogP contribution in [0, 0.1) is 6.92 Å². The van der Waals surface area contributed by atoms with Gasteiger partial charge in [0.25, 0.3) is 0 Å². The number of aryl methyl sites for hydroxylation is 1. The van der Waals surface area contributed by atoms with Gasteiger partial charge >= 0.3 is 0 Å². The Hall–Kier alpha value is -1.33. The van der Waals surface area contributed by atoms with Crippen LogP contribution in [-0.2, 0) is 6.42 Å². The monoisotopic (exact) mass is 262 g/mol. The number of rotatable bonds is 6. The maximum Gasteiger partial charge on any atom is 0.115 e. The summed E-state index contributed by atoms with van der Waals surface area (Å²) in [6, 6.07) is 2.19. The molecule has 2 heterocycles. The molecular weight excluding hydrogens is 244 g/mol. The molecule has 18 heavy (non-hydrogen) atoms. The third-order valence-corrected chi connectivity index (χ3v) is 3.64. The van der Waals surface area contributed by atoms with Gasteiger partial charge in [0.15, 0.2) is 0 Å². The predicted molar refractivity (Wildman–Crippen MR) is 73.6 cm³/mol. The van der Waals surface area contributed by atoms with Crippen molar-refractivity contribution in [1.82, 2.24) is 20.3 Å². The highest BCUT2D eigenvalue weighted by Gasteiger charge is 2.14. The summed E-state index contributed by atoms with van der Waals surface area (Å²) < 4.78 is 0. The van der Waals surface area contributed by atoms with Gasteiger partial charge in [-0.1, -0.05) is 6.92 Å². The van der Waals surface area contributed by atoms with Crippen molar-refractivity contribution in [3.8, 4) is 0 Å². The van der Waals surface area contributed by atoms with Crippen LogP contribution in [0.4, 0.5) is 0 Å². The Balaban J connectivity index is 2.10. The summed E-state index contributed by atoms with van der Waals surface area (Å²) in [5, 5.41) is 6.76. The molecule has 0 aliphatic heterocycles. The van der Waals surface area contributed by atoms with Crippen LogP contribution < -0.4 is 5.32 Å². The highest BCUT2D eigenvalue weighted by atomic mass is 32.1. The lowest BCUT2D eigenvalue weighted by Gasteiger charge is -2.16. The van der Waals surface area contributed by atoms with Crippen LogP contribution in [0.25, 0.3) is 0 Å². The molecule has 0 aliphatic carbocycles. The first-order chi connectivity index (χ1) is 8.79. The highest BCUT2D eigenvalue weighted by Crippen LogP contribution is 2.19. The van der Waals surface area contributed by atoms with Gasteiger partial charge in [0.1, 0.15) is 6.33 Å². The zero-order valence-corrected chi connectivity index (χ0v) is 11.6. The van der Waals surface area contributed by atoms with Gasteiger partial charge < -0.3 is 5.32 Å². The summed E-state index contributed by atoms with van der Waals surface area (Å²) in [5.41, 5.74) is 2.12. The van der Waals surface area contributed by atoms with Crippen molar-refractivity contribution in [2.24, 2.45) is 0 Å². The minimum absolute atomic E-state index is 0.221. The fourth-order valence-electron chi connectivity index (χ4n) is 1.78. The summed E-state index contributed by atoms with van der Waals surface area (Å²) in [4.78, 5) is 12.8. The number of hydrogen-bond donors (Lipinski definition) is 1. The van der Waals surface area contributed by atoms with Crippen LogP contribution in [0.1, 0.15) is 35.8 Å². The zero-order chi connectivity index (χ0) is 12.8. The van der Waals surface area contributed by atoms with Gasteiger partial charge in [0, 0.05) is 23.7 Å². The Kier molecular flexibility index (Phi) is 4.78. The Morgan fingerprint density at radius 2 is 2.33 bits per heavy atom. The van der Waals surface area contributed by atoms with Gasteiger partial charge in [-0.3, -0.25) is 0 Å². The zero-order valence-electron chi connectivity index (χ0n) is 10.8. The Bertz CT molecular complexity index is 469. The van der Waals surface area contributed by atoms with Crippen LogP contribution >= 0.6 is 11.3 Å². The van der Waals surface area contributed by atoms with E-state index in [9.17, 15) is 0 Å². The van der Waals surface area contributed by atoms with Gasteiger partial charge in [-0.25, -0.2) is 15.0 Å². The molecule has 0 aromatic carbocycles. The average molecular weight is 262 g/mol. The van der Waals surface area contributed by atoms with Crippen LogP contribution in [0.3, 0.4) is 0 Å². The van der Waals surface area contributed by atoms with Gasteiger partial charge in [0.05, 0.1) is 16.7 Å². The van der Waals surface area contributed by atoms with Crippen molar-refractivity contribution in [3.63, 3.8) is 0 Å². The first-order valence-electron chi connectivity index (χ1n) is 6.20. The van der Waals surface area contributed by atoms with E-state index in [0.29, 0.717) is 0 Å². The molecule has 2 rings (SSSR count). The van der Waals surface area contributed by atoms with E-state index in [1.54, 1.807) is 23.9 Å². The molecule has 5 heteroatoms. The molecule has 1 atom stereocenters. The smallest absolute Gasteiger partial charge is 0.115 e. The minimum Gasteiger partial charge on any atom is -0.308 e. The third kappa shape index (κ3) is 3.58. The topological polar surface area (TPSA) is 50.7 Å². The molecule has 0 fully saturated rings. The molecule has 4 nitrogen and oxygen atoms in total. The normalized spacial score (nSPS) is 12.6. The number of nitrogens with zero attached hydrogens (tertiary/aromatic N) is 3. The van der Waals surface area contributed by atoms with Crippen LogP contribution in [0.2, 0.25) is 0 Å². The van der Waals surface area contributed by atoms with E-state index in [1.807, 2.05) is 13.0 Å². The number of hydrogen-bond acceptors (Lipinski definition) is 5. The van der Waals surface area contributed by atoms with E-state index in [4.69, 9.17) is 0 Å². The lowest BCUT2D eigenvalue weighted by molar-refractivity contribution is 0.515. The molecule has 0 bridgehead atoms. The van der Waals surface area contributed by atoms with Gasteiger partial charge in [-0.15, -0.1) is 11.3 Å². The largest absolute Gasteiger partial charge is 0.308 e. The minimum atomic E-state index is 0.221. The standard InChI is InChI=1S/C13H18N4S/c1-3-5-15-12(11-4-6-14-9-16-11)7-13-17-10(2)8-18-13/h4,6,8-9,12,15H,3,5,7H2,1-2H3. The lowest BCUT2D eigenvalue weighted by atomic mass is 10.1. The molecular formula is C13H18N4S. The Morgan fingerprint density at radius 1 is 1.44 bits per heavy atom. The van der Waals surface area contributed by atoms with E-state index < -0.39 is 0 Å². The van der Waals surface area contributed by atoms with Crippen LogP contribution in [-0.4, -0.2) is 21.5 Å². The quantitative estimate of drug-likeness (QED) is 0.869. The van der Waals surface area contributed by atoms with Gasteiger partial charge in [0.2, 0.25) is 0 Å². The van der Waals surface area contributed by atoms with Crippen molar-refractivity contribution in [2.45, 2.75) is 32.7 Å². The lowest BCUT2D eigenvalue weighted by Crippen LogP contribution is -2.25. The molecule has 2 aromatic rings. The number of nitrogens with one attached hydrogen (secondary N) is 1. The highest BCUT2D eigenvalue weighted by molar-refractivity contribution is 7.09. The SMILES string of the molecule is CCCNC(Cc1nc(C)cs1)c1ccncn1. The van der Waals surface area contributed by atoms with Crippen molar-refractivity contribution >= 4 is 11.3 Å². The fourth-order valence-corrected chi connectivity index (χ4v) is 2.60. The van der Waals surface area contributed by atoms with Crippen molar-refractivity contribution in [3.05, 3.63) is 40.4 Å². The third-order valence-electron chi connectivity index (χ3n) is 2.65. The van der Waals surface area contributed by atoms with E-state index in [0.717, 1.165) is 35.8 Å². The molecule has 0 aliphatic rings. The summed E-state index contributed by atoms with van der Waals surface area (Å²) in [6.45, 7) is 5.18. The molecule has 96 valence electrons. The molecule has 0 radical (unpaired) electrons. The van der Waals surface area contributed by atoms with Crippen molar-refractivity contribution in [2.75, 3.05) is 6.54 Å². The fraction of sp³-hybridized carbons (Fsp3) is 0.462. The Labute approximate surface area is 112 Å². The van der Waals surface area contributed by atoms with Crippen LogP contribution in [0.15, 0.2) is 24.0 Å². The maximum absolute atomic E-state index is 4.52.